The van der Waals surface area contributed by atoms with Crippen molar-refractivity contribution >= 4 is 28.5 Å². The maximum atomic E-state index is 12.9. The molecule has 0 aliphatic carbocycles. The van der Waals surface area contributed by atoms with E-state index >= 15 is 0 Å². The highest BCUT2D eigenvalue weighted by Crippen LogP contribution is 2.34. The first-order valence-corrected chi connectivity index (χ1v) is 9.02. The first-order valence-electron chi connectivity index (χ1n) is 7.94. The Balaban J connectivity index is 1.74. The summed E-state index contributed by atoms with van der Waals surface area (Å²) in [5, 5.41) is 3.43. The van der Waals surface area contributed by atoms with Crippen LogP contribution in [0.2, 0.25) is 0 Å². The lowest BCUT2D eigenvalue weighted by atomic mass is 9.91. The summed E-state index contributed by atoms with van der Waals surface area (Å²) >= 11 is 2.33. The van der Waals surface area contributed by atoms with Gasteiger partial charge in [-0.15, -0.1) is 0 Å². The van der Waals surface area contributed by atoms with Crippen molar-refractivity contribution in [3.05, 3.63) is 33.4 Å². The Hall–Kier alpha value is -0.620. The predicted octanol–water partition coefficient (Wildman–Crippen LogP) is 3.34. The SMILES string of the molecule is C[C@H]1C[C@@H](C(=O)N2CCCC2c2ccc(I)cc2)CCN1. The van der Waals surface area contributed by atoms with Gasteiger partial charge in [0, 0.05) is 22.1 Å². The van der Waals surface area contributed by atoms with Gasteiger partial charge in [0.05, 0.1) is 6.04 Å². The van der Waals surface area contributed by atoms with Gasteiger partial charge in [-0.3, -0.25) is 4.79 Å². The van der Waals surface area contributed by atoms with Crippen molar-refractivity contribution in [3.8, 4) is 0 Å². The van der Waals surface area contributed by atoms with Crippen molar-refractivity contribution in [2.45, 2.75) is 44.7 Å². The number of halogens is 1. The largest absolute Gasteiger partial charge is 0.335 e. The molecule has 1 amide bonds. The summed E-state index contributed by atoms with van der Waals surface area (Å²) in [6.45, 7) is 4.08. The third-order valence-electron chi connectivity index (χ3n) is 4.76. The number of benzene rings is 1. The molecule has 1 aromatic carbocycles. The first-order chi connectivity index (χ1) is 10.1. The molecule has 3 rings (SSSR count). The van der Waals surface area contributed by atoms with Crippen LogP contribution in [0.15, 0.2) is 24.3 Å². The van der Waals surface area contributed by atoms with Gasteiger partial charge in [0.1, 0.15) is 0 Å². The fraction of sp³-hybridized carbons (Fsp3) is 0.588. The number of rotatable bonds is 2. The number of hydrogen-bond donors (Lipinski definition) is 1. The van der Waals surface area contributed by atoms with Crippen LogP contribution in [-0.2, 0) is 4.79 Å². The number of carbonyl (C=O) groups is 1. The highest BCUT2D eigenvalue weighted by atomic mass is 127. The fourth-order valence-corrected chi connectivity index (χ4v) is 4.01. The quantitative estimate of drug-likeness (QED) is 0.776. The summed E-state index contributed by atoms with van der Waals surface area (Å²) in [6, 6.07) is 9.41. The van der Waals surface area contributed by atoms with Crippen LogP contribution >= 0.6 is 22.6 Å². The van der Waals surface area contributed by atoms with Crippen molar-refractivity contribution in [1.29, 1.82) is 0 Å². The Morgan fingerprint density at radius 2 is 2.05 bits per heavy atom. The highest BCUT2D eigenvalue weighted by Gasteiger charge is 2.35. The van der Waals surface area contributed by atoms with Gasteiger partial charge in [0.25, 0.3) is 0 Å². The van der Waals surface area contributed by atoms with E-state index in [-0.39, 0.29) is 5.92 Å². The summed E-state index contributed by atoms with van der Waals surface area (Å²) in [7, 11) is 0. The topological polar surface area (TPSA) is 32.3 Å². The number of hydrogen-bond acceptors (Lipinski definition) is 2. The zero-order chi connectivity index (χ0) is 14.8. The second kappa shape index (κ2) is 6.65. The van der Waals surface area contributed by atoms with Crippen molar-refractivity contribution in [3.63, 3.8) is 0 Å². The Morgan fingerprint density at radius 1 is 1.29 bits per heavy atom. The van der Waals surface area contributed by atoms with Crippen LogP contribution in [0.1, 0.15) is 44.2 Å². The molecule has 4 heteroatoms. The molecule has 2 saturated heterocycles. The molecule has 0 aromatic heterocycles. The lowest BCUT2D eigenvalue weighted by Crippen LogP contribution is -2.44. The molecule has 1 aromatic rings. The standard InChI is InChI=1S/C17H23IN2O/c1-12-11-14(8-9-19-12)17(21)20-10-2-3-16(20)13-4-6-15(18)7-5-13/h4-7,12,14,16,19H,2-3,8-11H2,1H3/t12-,14-,16?/m0/s1. The summed E-state index contributed by atoms with van der Waals surface area (Å²) in [5.74, 6) is 0.593. The maximum absolute atomic E-state index is 12.9. The van der Waals surface area contributed by atoms with Crippen LogP contribution in [-0.4, -0.2) is 29.9 Å². The van der Waals surface area contributed by atoms with Crippen molar-refractivity contribution < 1.29 is 4.79 Å². The van der Waals surface area contributed by atoms with Crippen molar-refractivity contribution in [2.75, 3.05) is 13.1 Å². The molecule has 3 nitrogen and oxygen atoms in total. The second-order valence-electron chi connectivity index (χ2n) is 6.32. The zero-order valence-corrected chi connectivity index (χ0v) is 14.7. The molecule has 3 atom stereocenters. The molecule has 2 aliphatic heterocycles. The van der Waals surface area contributed by atoms with E-state index in [1.54, 1.807) is 0 Å². The Morgan fingerprint density at radius 3 is 2.76 bits per heavy atom. The summed E-state index contributed by atoms with van der Waals surface area (Å²) in [4.78, 5) is 15.0. The number of carbonyl (C=O) groups excluding carboxylic acids is 1. The summed E-state index contributed by atoms with van der Waals surface area (Å²) in [5.41, 5.74) is 1.29. The minimum absolute atomic E-state index is 0.214. The Labute approximate surface area is 140 Å². The van der Waals surface area contributed by atoms with Crippen LogP contribution < -0.4 is 5.32 Å². The third-order valence-corrected chi connectivity index (χ3v) is 5.48. The minimum Gasteiger partial charge on any atom is -0.335 e. The fourth-order valence-electron chi connectivity index (χ4n) is 3.65. The molecule has 1 N–H and O–H groups in total. The number of piperidine rings is 1. The number of likely N-dealkylation sites (tertiary alicyclic amines) is 1. The monoisotopic (exact) mass is 398 g/mol. The molecule has 21 heavy (non-hydrogen) atoms. The van der Waals surface area contributed by atoms with Gasteiger partial charge in [-0.05, 0) is 79.4 Å². The average Bonchev–Trinajstić information content (AvgIpc) is 2.96. The molecule has 0 bridgehead atoms. The number of amides is 1. The zero-order valence-electron chi connectivity index (χ0n) is 12.5. The molecular formula is C17H23IN2O. The number of nitrogens with zero attached hydrogens (tertiary/aromatic N) is 1. The van der Waals surface area contributed by atoms with E-state index in [1.807, 2.05) is 0 Å². The van der Waals surface area contributed by atoms with Crippen molar-refractivity contribution in [1.82, 2.24) is 10.2 Å². The molecule has 2 fully saturated rings. The summed E-state index contributed by atoms with van der Waals surface area (Å²) in [6.07, 6.45) is 4.20. The van der Waals surface area contributed by atoms with E-state index in [0.717, 1.165) is 38.8 Å². The molecule has 2 heterocycles. The van der Waals surface area contributed by atoms with Crippen LogP contribution in [0.4, 0.5) is 0 Å². The van der Waals surface area contributed by atoms with Gasteiger partial charge in [-0.2, -0.15) is 0 Å². The Bertz CT molecular complexity index is 502. The van der Waals surface area contributed by atoms with Crippen LogP contribution in [0.3, 0.4) is 0 Å². The predicted molar refractivity (Wildman–Crippen MR) is 93.0 cm³/mol. The van der Waals surface area contributed by atoms with Gasteiger partial charge in [-0.1, -0.05) is 12.1 Å². The lowest BCUT2D eigenvalue weighted by Gasteiger charge is -2.33. The second-order valence-corrected chi connectivity index (χ2v) is 7.56. The molecular weight excluding hydrogens is 375 g/mol. The van der Waals surface area contributed by atoms with E-state index in [2.05, 4.69) is 64.0 Å². The lowest BCUT2D eigenvalue weighted by molar-refractivity contribution is -0.137. The third kappa shape index (κ3) is 3.42. The highest BCUT2D eigenvalue weighted by molar-refractivity contribution is 14.1. The van der Waals surface area contributed by atoms with E-state index in [1.165, 1.54) is 9.13 Å². The van der Waals surface area contributed by atoms with Gasteiger partial charge in [-0.25, -0.2) is 0 Å². The maximum Gasteiger partial charge on any atom is 0.226 e. The van der Waals surface area contributed by atoms with Gasteiger partial charge >= 0.3 is 0 Å². The molecule has 0 saturated carbocycles. The van der Waals surface area contributed by atoms with Crippen LogP contribution in [0, 0.1) is 9.49 Å². The van der Waals surface area contributed by atoms with Gasteiger partial charge in [0.2, 0.25) is 5.91 Å². The van der Waals surface area contributed by atoms with E-state index in [9.17, 15) is 4.79 Å². The summed E-state index contributed by atoms with van der Waals surface area (Å²) < 4.78 is 1.25. The van der Waals surface area contributed by atoms with Gasteiger partial charge in [0.15, 0.2) is 0 Å². The normalized spacial score (nSPS) is 29.6. The van der Waals surface area contributed by atoms with Crippen LogP contribution in [0.25, 0.3) is 0 Å². The molecule has 1 unspecified atom stereocenters. The molecule has 114 valence electrons. The van der Waals surface area contributed by atoms with E-state index in [0.29, 0.717) is 18.0 Å². The van der Waals surface area contributed by atoms with Crippen LogP contribution in [0.5, 0.6) is 0 Å². The Kier molecular flexibility index (Phi) is 4.84. The van der Waals surface area contributed by atoms with E-state index in [4.69, 9.17) is 0 Å². The first kappa shape index (κ1) is 15.3. The number of nitrogens with one attached hydrogen (secondary N) is 1. The van der Waals surface area contributed by atoms with E-state index < -0.39 is 0 Å². The van der Waals surface area contributed by atoms with Gasteiger partial charge < -0.3 is 10.2 Å². The molecule has 0 radical (unpaired) electrons. The smallest absolute Gasteiger partial charge is 0.226 e. The average molecular weight is 398 g/mol. The molecule has 2 aliphatic rings. The minimum atomic E-state index is 0.214. The molecule has 0 spiro atoms. The van der Waals surface area contributed by atoms with Crippen molar-refractivity contribution in [2.24, 2.45) is 5.92 Å².